The smallest absolute Gasteiger partial charge is 0.308 e. The van der Waals surface area contributed by atoms with Gasteiger partial charge in [0.15, 0.2) is 0 Å². The quantitative estimate of drug-likeness (QED) is 0.826. The predicted octanol–water partition coefficient (Wildman–Crippen LogP) is 2.99. The van der Waals surface area contributed by atoms with Gasteiger partial charge in [0, 0.05) is 11.8 Å². The summed E-state index contributed by atoms with van der Waals surface area (Å²) >= 11 is 0. The number of ether oxygens (including phenoxy) is 2. The van der Waals surface area contributed by atoms with Gasteiger partial charge in [-0.25, -0.2) is 0 Å². The van der Waals surface area contributed by atoms with E-state index in [0.717, 1.165) is 11.1 Å². The Kier molecular flexibility index (Phi) is 4.84. The number of hydrogen-bond donors (Lipinski definition) is 2. The minimum absolute atomic E-state index is 0.423. The van der Waals surface area contributed by atoms with Gasteiger partial charge in [0.1, 0.15) is 11.5 Å². The van der Waals surface area contributed by atoms with E-state index in [2.05, 4.69) is 0 Å². The van der Waals surface area contributed by atoms with Crippen LogP contribution in [0, 0.1) is 11.8 Å². The number of methoxy groups -OCH3 is 2. The van der Waals surface area contributed by atoms with Crippen LogP contribution in [0.5, 0.6) is 11.5 Å². The van der Waals surface area contributed by atoms with E-state index in [9.17, 15) is 19.8 Å². The van der Waals surface area contributed by atoms with E-state index in [1.54, 1.807) is 62.8 Å². The summed E-state index contributed by atoms with van der Waals surface area (Å²) in [5.74, 6) is -3.67. The van der Waals surface area contributed by atoms with Crippen molar-refractivity contribution in [3.05, 3.63) is 59.7 Å². The molecule has 4 atom stereocenters. The first-order valence-corrected chi connectivity index (χ1v) is 8.21. The molecule has 26 heavy (non-hydrogen) atoms. The Labute approximate surface area is 151 Å². The maximum absolute atomic E-state index is 11.8. The molecule has 0 bridgehead atoms. The molecule has 1 aliphatic carbocycles. The van der Waals surface area contributed by atoms with Gasteiger partial charge < -0.3 is 19.7 Å². The van der Waals surface area contributed by atoms with Crippen LogP contribution in [0.4, 0.5) is 0 Å². The molecule has 3 rings (SSSR count). The van der Waals surface area contributed by atoms with Crippen molar-refractivity contribution >= 4 is 11.9 Å². The van der Waals surface area contributed by atoms with Crippen molar-refractivity contribution in [3.63, 3.8) is 0 Å². The highest BCUT2D eigenvalue weighted by molar-refractivity contribution is 5.85. The van der Waals surface area contributed by atoms with Crippen molar-refractivity contribution in [2.45, 2.75) is 11.8 Å². The van der Waals surface area contributed by atoms with Gasteiger partial charge in [-0.3, -0.25) is 9.59 Å². The second kappa shape index (κ2) is 7.07. The Hall–Kier alpha value is -3.02. The van der Waals surface area contributed by atoms with Gasteiger partial charge in [-0.15, -0.1) is 0 Å². The van der Waals surface area contributed by atoms with Gasteiger partial charge in [0.2, 0.25) is 0 Å². The molecule has 0 spiro atoms. The molecule has 0 saturated heterocycles. The molecule has 0 aliphatic heterocycles. The Balaban J connectivity index is 2.03. The van der Waals surface area contributed by atoms with Gasteiger partial charge in [0.25, 0.3) is 0 Å². The molecule has 0 aromatic heterocycles. The number of rotatable bonds is 6. The van der Waals surface area contributed by atoms with E-state index in [4.69, 9.17) is 9.47 Å². The van der Waals surface area contributed by atoms with Crippen LogP contribution in [-0.2, 0) is 9.59 Å². The third kappa shape index (κ3) is 2.98. The van der Waals surface area contributed by atoms with Crippen molar-refractivity contribution in [2.75, 3.05) is 14.2 Å². The monoisotopic (exact) mass is 356 g/mol. The number of aliphatic carboxylic acids is 2. The number of carboxylic acid groups (broad SMARTS) is 2. The Morgan fingerprint density at radius 2 is 1.00 bits per heavy atom. The lowest BCUT2D eigenvalue weighted by Gasteiger charge is -2.48. The molecular formula is C20H20O6. The van der Waals surface area contributed by atoms with Crippen LogP contribution in [0.1, 0.15) is 23.0 Å². The molecule has 1 saturated carbocycles. The number of carbonyl (C=O) groups is 2. The standard InChI is InChI=1S/C20H20O6/c1-25-13-7-3-11(4-8-13)15-16(12-5-9-14(26-2)10-6-12)18(20(23)24)17(15)19(21)22/h3-10,15-18H,1-2H3,(H,21,22)(H,23,24)/t15-,16-,17+,18+/m1/s1. The third-order valence-corrected chi connectivity index (χ3v) is 5.12. The van der Waals surface area contributed by atoms with Crippen LogP contribution in [0.15, 0.2) is 48.5 Å². The molecule has 2 aromatic rings. The molecule has 1 aliphatic rings. The molecule has 0 heterocycles. The molecule has 0 unspecified atom stereocenters. The zero-order valence-corrected chi connectivity index (χ0v) is 14.5. The van der Waals surface area contributed by atoms with E-state index in [0.29, 0.717) is 11.5 Å². The van der Waals surface area contributed by atoms with Crippen molar-refractivity contribution < 1.29 is 29.3 Å². The molecule has 136 valence electrons. The summed E-state index contributed by atoms with van der Waals surface area (Å²) in [4.78, 5) is 23.5. The second-order valence-corrected chi connectivity index (χ2v) is 6.33. The lowest BCUT2D eigenvalue weighted by Crippen LogP contribution is -2.51. The normalized spacial score (nSPS) is 24.4. The summed E-state index contributed by atoms with van der Waals surface area (Å²) in [6, 6.07) is 14.2. The second-order valence-electron chi connectivity index (χ2n) is 6.33. The number of benzene rings is 2. The fourth-order valence-corrected chi connectivity index (χ4v) is 3.84. The average molecular weight is 356 g/mol. The maximum atomic E-state index is 11.8. The molecule has 0 radical (unpaired) electrons. The first-order chi connectivity index (χ1) is 12.5. The molecule has 2 N–H and O–H groups in total. The maximum Gasteiger partial charge on any atom is 0.308 e. The van der Waals surface area contributed by atoms with E-state index < -0.39 is 35.6 Å². The number of hydrogen-bond acceptors (Lipinski definition) is 4. The Morgan fingerprint density at radius 1 is 0.692 bits per heavy atom. The van der Waals surface area contributed by atoms with Crippen LogP contribution in [-0.4, -0.2) is 36.4 Å². The van der Waals surface area contributed by atoms with Crippen molar-refractivity contribution in [2.24, 2.45) is 11.8 Å². The molecule has 2 aromatic carbocycles. The lowest BCUT2D eigenvalue weighted by atomic mass is 9.52. The van der Waals surface area contributed by atoms with E-state index in [1.807, 2.05) is 0 Å². The summed E-state index contributed by atoms with van der Waals surface area (Å²) < 4.78 is 10.3. The van der Waals surface area contributed by atoms with Crippen LogP contribution in [0.25, 0.3) is 0 Å². The molecule has 6 nitrogen and oxygen atoms in total. The Morgan fingerprint density at radius 3 is 1.23 bits per heavy atom. The van der Waals surface area contributed by atoms with E-state index >= 15 is 0 Å². The minimum Gasteiger partial charge on any atom is -0.497 e. The minimum atomic E-state index is -1.09. The number of carboxylic acids is 2. The van der Waals surface area contributed by atoms with Gasteiger partial charge in [-0.1, -0.05) is 24.3 Å². The first kappa shape index (κ1) is 17.8. The van der Waals surface area contributed by atoms with Crippen LogP contribution >= 0.6 is 0 Å². The zero-order valence-electron chi connectivity index (χ0n) is 14.5. The molecule has 1 fully saturated rings. The van der Waals surface area contributed by atoms with Gasteiger partial charge >= 0.3 is 11.9 Å². The van der Waals surface area contributed by atoms with Crippen LogP contribution < -0.4 is 9.47 Å². The van der Waals surface area contributed by atoms with Crippen LogP contribution in [0.2, 0.25) is 0 Å². The largest absolute Gasteiger partial charge is 0.497 e. The van der Waals surface area contributed by atoms with Gasteiger partial charge in [0.05, 0.1) is 26.1 Å². The highest BCUT2D eigenvalue weighted by Gasteiger charge is 2.58. The third-order valence-electron chi connectivity index (χ3n) is 5.12. The molecular weight excluding hydrogens is 336 g/mol. The summed E-state index contributed by atoms with van der Waals surface area (Å²) in [7, 11) is 3.11. The van der Waals surface area contributed by atoms with Gasteiger partial charge in [-0.05, 0) is 35.4 Å². The van der Waals surface area contributed by atoms with Crippen LogP contribution in [0.3, 0.4) is 0 Å². The highest BCUT2D eigenvalue weighted by Crippen LogP contribution is 2.58. The zero-order chi connectivity index (χ0) is 18.8. The van der Waals surface area contributed by atoms with E-state index in [1.165, 1.54) is 0 Å². The SMILES string of the molecule is COc1ccc([C@H]2[C@H](C(=O)O)[C@@H](C(=O)O)[C@@H]2c2ccc(OC)cc2)cc1. The Bertz CT molecular complexity index is 727. The summed E-state index contributed by atoms with van der Waals surface area (Å²) in [5.41, 5.74) is 1.58. The summed E-state index contributed by atoms with van der Waals surface area (Å²) in [5, 5.41) is 19.2. The van der Waals surface area contributed by atoms with Crippen molar-refractivity contribution in [3.8, 4) is 11.5 Å². The lowest BCUT2D eigenvalue weighted by molar-refractivity contribution is -0.164. The van der Waals surface area contributed by atoms with Crippen molar-refractivity contribution in [1.29, 1.82) is 0 Å². The molecule has 0 amide bonds. The highest BCUT2D eigenvalue weighted by atomic mass is 16.5. The summed E-state index contributed by atoms with van der Waals surface area (Å²) in [6.45, 7) is 0. The van der Waals surface area contributed by atoms with Crippen molar-refractivity contribution in [1.82, 2.24) is 0 Å². The fourth-order valence-electron chi connectivity index (χ4n) is 3.84. The fraction of sp³-hybridized carbons (Fsp3) is 0.300. The van der Waals surface area contributed by atoms with E-state index in [-0.39, 0.29) is 0 Å². The summed E-state index contributed by atoms with van der Waals surface area (Å²) in [6.07, 6.45) is 0. The average Bonchev–Trinajstić information content (AvgIpc) is 2.61. The first-order valence-electron chi connectivity index (χ1n) is 8.21. The predicted molar refractivity (Wildman–Crippen MR) is 93.7 cm³/mol. The topological polar surface area (TPSA) is 93.1 Å². The van der Waals surface area contributed by atoms with Gasteiger partial charge in [-0.2, -0.15) is 0 Å². The molecule has 6 heteroatoms.